The number of allylic oxidation sites excluding steroid dienone is 1. The lowest BCUT2D eigenvalue weighted by Gasteiger charge is -2.14. The Morgan fingerprint density at radius 2 is 1.54 bits per heavy atom. The molecule has 2 aliphatic rings. The number of hydrogen-bond acceptors (Lipinski definition) is 4. The van der Waals surface area contributed by atoms with Crippen molar-refractivity contribution < 1.29 is 14.4 Å². The number of carbonyl (C=O) groups excluding carboxylic acids is 2. The highest BCUT2D eigenvalue weighted by molar-refractivity contribution is 6.31. The predicted molar refractivity (Wildman–Crippen MR) is 90.2 cm³/mol. The van der Waals surface area contributed by atoms with E-state index in [9.17, 15) is 9.59 Å². The molecule has 24 heavy (non-hydrogen) atoms. The number of para-hydroxylation sites is 1. The lowest BCUT2D eigenvalue weighted by atomic mass is 9.99. The molecule has 4 rings (SSSR count). The Morgan fingerprint density at radius 1 is 0.875 bits per heavy atom. The van der Waals surface area contributed by atoms with Gasteiger partial charge in [-0.3, -0.25) is 9.59 Å². The van der Waals surface area contributed by atoms with Crippen LogP contribution >= 0.6 is 0 Å². The zero-order chi connectivity index (χ0) is 16.5. The number of fused-ring (bicyclic) bond motifs is 1. The van der Waals surface area contributed by atoms with E-state index in [4.69, 9.17) is 4.84 Å². The molecule has 118 valence electrons. The van der Waals surface area contributed by atoms with Crippen molar-refractivity contribution in [1.29, 1.82) is 0 Å². The summed E-state index contributed by atoms with van der Waals surface area (Å²) >= 11 is 0. The van der Waals surface area contributed by atoms with Crippen LogP contribution in [0.1, 0.15) is 5.56 Å². The molecular formula is C19H14N2O3. The second-order valence-corrected chi connectivity index (χ2v) is 5.61. The van der Waals surface area contributed by atoms with Crippen LogP contribution in [0.3, 0.4) is 0 Å². The van der Waals surface area contributed by atoms with Crippen molar-refractivity contribution in [2.45, 2.75) is 6.10 Å². The molecule has 0 bridgehead atoms. The van der Waals surface area contributed by atoms with E-state index in [2.05, 4.69) is 5.16 Å². The number of benzene rings is 2. The van der Waals surface area contributed by atoms with E-state index in [0.29, 0.717) is 11.4 Å². The number of carbonyl (C=O) groups is 2. The summed E-state index contributed by atoms with van der Waals surface area (Å²) in [5.41, 5.74) is 2.01. The van der Waals surface area contributed by atoms with E-state index < -0.39 is 12.0 Å². The monoisotopic (exact) mass is 318 g/mol. The third-order valence-corrected chi connectivity index (χ3v) is 4.10. The molecule has 2 aromatic carbocycles. The number of hydrogen-bond donors (Lipinski definition) is 0. The minimum Gasteiger partial charge on any atom is -0.381 e. The van der Waals surface area contributed by atoms with E-state index in [1.54, 1.807) is 30.3 Å². The number of oxime groups is 1. The summed E-state index contributed by atoms with van der Waals surface area (Å²) < 4.78 is 0. The van der Waals surface area contributed by atoms with Gasteiger partial charge in [-0.15, -0.1) is 0 Å². The first-order valence-corrected chi connectivity index (χ1v) is 7.65. The minimum absolute atomic E-state index is 0.301. The zero-order valence-corrected chi connectivity index (χ0v) is 12.7. The first-order valence-electron chi connectivity index (χ1n) is 7.65. The molecule has 2 aliphatic heterocycles. The Kier molecular flexibility index (Phi) is 3.46. The van der Waals surface area contributed by atoms with Crippen molar-refractivity contribution in [3.05, 3.63) is 72.3 Å². The van der Waals surface area contributed by atoms with Crippen LogP contribution in [0.5, 0.6) is 0 Å². The molecule has 5 heteroatoms. The van der Waals surface area contributed by atoms with Gasteiger partial charge in [-0.1, -0.05) is 59.8 Å². The highest BCUT2D eigenvalue weighted by Gasteiger charge is 2.55. The smallest absolute Gasteiger partial charge is 0.278 e. The molecule has 0 spiro atoms. The number of nitrogens with zero attached hydrogens (tertiary/aromatic N) is 2. The average Bonchev–Trinajstić information content (AvgIpc) is 3.15. The van der Waals surface area contributed by atoms with E-state index in [1.807, 2.05) is 42.5 Å². The van der Waals surface area contributed by atoms with Gasteiger partial charge in [0.1, 0.15) is 5.92 Å². The van der Waals surface area contributed by atoms with Crippen molar-refractivity contribution in [3.8, 4) is 0 Å². The first kappa shape index (κ1) is 14.4. The molecule has 2 atom stereocenters. The van der Waals surface area contributed by atoms with E-state index in [0.717, 1.165) is 5.56 Å². The fourth-order valence-electron chi connectivity index (χ4n) is 2.92. The quantitative estimate of drug-likeness (QED) is 0.818. The second-order valence-electron chi connectivity index (χ2n) is 5.61. The molecule has 0 aromatic heterocycles. The summed E-state index contributed by atoms with van der Waals surface area (Å²) in [6.07, 6.45) is 2.72. The van der Waals surface area contributed by atoms with Gasteiger partial charge in [0.05, 0.1) is 11.4 Å². The molecule has 1 fully saturated rings. The van der Waals surface area contributed by atoms with Crippen LogP contribution in [0.15, 0.2) is 71.9 Å². The number of rotatable bonds is 3. The summed E-state index contributed by atoms with van der Waals surface area (Å²) in [7, 11) is 0. The lowest BCUT2D eigenvalue weighted by Crippen LogP contribution is -2.32. The molecule has 0 saturated carbocycles. The molecule has 5 nitrogen and oxygen atoms in total. The van der Waals surface area contributed by atoms with Crippen LogP contribution in [-0.2, 0) is 14.4 Å². The molecule has 2 amide bonds. The van der Waals surface area contributed by atoms with Gasteiger partial charge in [0.25, 0.3) is 5.91 Å². The van der Waals surface area contributed by atoms with Crippen molar-refractivity contribution in [1.82, 2.24) is 0 Å². The Morgan fingerprint density at radius 3 is 2.25 bits per heavy atom. The number of anilines is 1. The summed E-state index contributed by atoms with van der Waals surface area (Å²) in [4.78, 5) is 31.6. The van der Waals surface area contributed by atoms with Crippen molar-refractivity contribution in [2.24, 2.45) is 11.1 Å². The van der Waals surface area contributed by atoms with Gasteiger partial charge < -0.3 is 4.84 Å². The van der Waals surface area contributed by atoms with E-state index >= 15 is 0 Å². The third kappa shape index (κ3) is 2.31. The first-order chi connectivity index (χ1) is 11.8. The van der Waals surface area contributed by atoms with Gasteiger partial charge in [-0.05, 0) is 23.8 Å². The van der Waals surface area contributed by atoms with Gasteiger partial charge in [0.2, 0.25) is 12.0 Å². The SMILES string of the molecule is O=C1C2ON=C(/C=C/c3ccccc3)C2C(=O)N1c1ccccc1. The molecular weight excluding hydrogens is 304 g/mol. The number of imide groups is 1. The van der Waals surface area contributed by atoms with Crippen LogP contribution in [0, 0.1) is 5.92 Å². The Bertz CT molecular complexity index is 843. The second kappa shape index (κ2) is 5.77. The highest BCUT2D eigenvalue weighted by Crippen LogP contribution is 2.33. The fourth-order valence-corrected chi connectivity index (χ4v) is 2.92. The summed E-state index contributed by atoms with van der Waals surface area (Å²) in [6, 6.07) is 18.5. The van der Waals surface area contributed by atoms with Gasteiger partial charge in [0.15, 0.2) is 0 Å². The van der Waals surface area contributed by atoms with Gasteiger partial charge in [-0.2, -0.15) is 0 Å². The predicted octanol–water partition coefficient (Wildman–Crippen LogP) is 2.64. The van der Waals surface area contributed by atoms with E-state index in [-0.39, 0.29) is 11.8 Å². The zero-order valence-electron chi connectivity index (χ0n) is 12.7. The molecule has 2 heterocycles. The normalized spacial score (nSPS) is 22.7. The van der Waals surface area contributed by atoms with Crippen molar-refractivity contribution in [3.63, 3.8) is 0 Å². The topological polar surface area (TPSA) is 59.0 Å². The fraction of sp³-hybridized carbons (Fsp3) is 0.105. The van der Waals surface area contributed by atoms with E-state index in [1.165, 1.54) is 4.90 Å². The van der Waals surface area contributed by atoms with Gasteiger partial charge in [0, 0.05) is 0 Å². The highest BCUT2D eigenvalue weighted by atomic mass is 16.6. The molecule has 0 aliphatic carbocycles. The maximum atomic E-state index is 12.7. The van der Waals surface area contributed by atoms with Crippen LogP contribution in [0.4, 0.5) is 5.69 Å². The van der Waals surface area contributed by atoms with Crippen molar-refractivity contribution >= 4 is 29.3 Å². The molecule has 1 saturated heterocycles. The maximum absolute atomic E-state index is 12.7. The summed E-state index contributed by atoms with van der Waals surface area (Å²) in [6.45, 7) is 0. The minimum atomic E-state index is -0.867. The van der Waals surface area contributed by atoms with Gasteiger partial charge in [-0.25, -0.2) is 4.90 Å². The van der Waals surface area contributed by atoms with Crippen LogP contribution in [0.25, 0.3) is 6.08 Å². The molecule has 2 aromatic rings. The Balaban J connectivity index is 1.61. The molecule has 2 unspecified atom stereocenters. The largest absolute Gasteiger partial charge is 0.381 e. The van der Waals surface area contributed by atoms with Gasteiger partial charge >= 0.3 is 0 Å². The number of amides is 2. The summed E-state index contributed by atoms with van der Waals surface area (Å²) in [5, 5.41) is 3.93. The maximum Gasteiger partial charge on any atom is 0.278 e. The lowest BCUT2D eigenvalue weighted by molar-refractivity contribution is -0.126. The average molecular weight is 318 g/mol. The van der Waals surface area contributed by atoms with Crippen LogP contribution in [0.2, 0.25) is 0 Å². The van der Waals surface area contributed by atoms with Crippen LogP contribution < -0.4 is 4.90 Å². The molecule has 0 radical (unpaired) electrons. The Labute approximate surface area is 138 Å². The Hall–Kier alpha value is -3.21. The third-order valence-electron chi connectivity index (χ3n) is 4.10. The van der Waals surface area contributed by atoms with Crippen LogP contribution in [-0.4, -0.2) is 23.6 Å². The summed E-state index contributed by atoms with van der Waals surface area (Å²) in [5.74, 6) is -1.36. The standard InChI is InChI=1S/C19H14N2O3/c22-18-16-15(12-11-13-7-3-1-4-8-13)20-24-17(16)19(23)21(18)14-9-5-2-6-10-14/h1-12,16-17H/b12-11+. The molecule has 0 N–H and O–H groups in total. The van der Waals surface area contributed by atoms with Crippen molar-refractivity contribution in [2.75, 3.05) is 4.90 Å².